The van der Waals surface area contributed by atoms with Crippen molar-refractivity contribution in [3.8, 4) is 0 Å². The van der Waals surface area contributed by atoms with E-state index in [9.17, 15) is 24.0 Å². The number of hydroxylamine groups is 2. The zero-order chi connectivity index (χ0) is 19.5. The fourth-order valence-electron chi connectivity index (χ4n) is 1.83. The van der Waals surface area contributed by atoms with Gasteiger partial charge >= 0.3 is 5.97 Å². The molecule has 26 heavy (non-hydrogen) atoms. The summed E-state index contributed by atoms with van der Waals surface area (Å²) < 4.78 is 4.84. The van der Waals surface area contributed by atoms with Gasteiger partial charge in [0.2, 0.25) is 5.91 Å². The van der Waals surface area contributed by atoms with E-state index in [0.29, 0.717) is 18.2 Å². The molecule has 10 nitrogen and oxygen atoms in total. The van der Waals surface area contributed by atoms with Gasteiger partial charge < -0.3 is 20.2 Å². The summed E-state index contributed by atoms with van der Waals surface area (Å²) in [5, 5.41) is 5.50. The van der Waals surface area contributed by atoms with E-state index in [1.54, 1.807) is 0 Å². The lowest BCUT2D eigenvalue weighted by atomic mass is 10.3. The molecule has 1 aliphatic rings. The quantitative estimate of drug-likeness (QED) is 0.270. The van der Waals surface area contributed by atoms with Crippen molar-refractivity contribution in [1.82, 2.24) is 15.7 Å². The molecule has 1 saturated heterocycles. The van der Waals surface area contributed by atoms with Crippen LogP contribution in [-0.2, 0) is 33.5 Å². The van der Waals surface area contributed by atoms with Crippen LogP contribution in [-0.4, -0.2) is 61.5 Å². The molecular formula is C15H20BrN3O7. The monoisotopic (exact) mass is 433 g/mol. The van der Waals surface area contributed by atoms with Crippen LogP contribution in [0.5, 0.6) is 0 Å². The maximum Gasteiger partial charge on any atom is 0.333 e. The number of carbonyl (C=O) groups is 5. The molecule has 4 amide bonds. The number of nitrogens with zero attached hydrogens (tertiary/aromatic N) is 1. The lowest BCUT2D eigenvalue weighted by Crippen LogP contribution is -2.32. The molecule has 144 valence electrons. The van der Waals surface area contributed by atoms with E-state index in [-0.39, 0.29) is 36.7 Å². The van der Waals surface area contributed by atoms with Crippen molar-refractivity contribution in [3.05, 3.63) is 10.6 Å². The highest BCUT2D eigenvalue weighted by Gasteiger charge is 2.32. The summed E-state index contributed by atoms with van der Waals surface area (Å²) in [4.78, 5) is 62.1. The molecule has 0 radical (unpaired) electrons. The average Bonchev–Trinajstić information content (AvgIpc) is 2.90. The first-order chi connectivity index (χ1) is 12.3. The fourth-order valence-corrected chi connectivity index (χ4v) is 2.18. The van der Waals surface area contributed by atoms with Gasteiger partial charge in [-0.2, -0.15) is 0 Å². The van der Waals surface area contributed by atoms with Crippen LogP contribution in [0, 0.1) is 0 Å². The van der Waals surface area contributed by atoms with E-state index >= 15 is 0 Å². The Morgan fingerprint density at radius 2 is 1.81 bits per heavy atom. The van der Waals surface area contributed by atoms with Crippen LogP contribution in [0.25, 0.3) is 0 Å². The van der Waals surface area contributed by atoms with Crippen LogP contribution in [0.1, 0.15) is 25.7 Å². The second-order valence-electron chi connectivity index (χ2n) is 5.18. The summed E-state index contributed by atoms with van der Waals surface area (Å²) in [6.07, 6.45) is 1.29. The number of rotatable bonds is 10. The van der Waals surface area contributed by atoms with Crippen molar-refractivity contribution in [1.29, 1.82) is 0 Å². The van der Waals surface area contributed by atoms with Gasteiger partial charge in [-0.25, -0.2) is 4.79 Å². The molecule has 0 bridgehead atoms. The van der Waals surface area contributed by atoms with E-state index in [0.717, 1.165) is 6.08 Å². The van der Waals surface area contributed by atoms with Gasteiger partial charge in [-0.1, -0.05) is 0 Å². The number of ether oxygens (including phenoxy) is 1. The molecule has 0 aliphatic carbocycles. The first-order valence-corrected chi connectivity index (χ1v) is 8.63. The number of imide groups is 1. The van der Waals surface area contributed by atoms with E-state index in [1.165, 1.54) is 7.11 Å². The summed E-state index contributed by atoms with van der Waals surface area (Å²) in [6.45, 7) is 0.810. The summed E-state index contributed by atoms with van der Waals surface area (Å²) in [5.41, 5.74) is 0. The molecular weight excluding hydrogens is 414 g/mol. The summed E-state index contributed by atoms with van der Waals surface area (Å²) in [5.74, 6) is -2.80. The van der Waals surface area contributed by atoms with Gasteiger partial charge in [-0.05, 0) is 22.4 Å². The van der Waals surface area contributed by atoms with Crippen LogP contribution in [0.3, 0.4) is 0 Å². The number of hydrogen-bond acceptors (Lipinski definition) is 7. The van der Waals surface area contributed by atoms with Crippen LogP contribution in [0.2, 0.25) is 0 Å². The van der Waals surface area contributed by atoms with Gasteiger partial charge in [0.05, 0.1) is 11.1 Å². The Hall–Kier alpha value is -2.27. The molecule has 0 aromatic carbocycles. The molecule has 0 saturated carbocycles. The van der Waals surface area contributed by atoms with Gasteiger partial charge in [0.1, 0.15) is 0 Å². The summed E-state index contributed by atoms with van der Waals surface area (Å²) >= 11 is 2.99. The molecule has 0 aromatic heterocycles. The first kappa shape index (κ1) is 21.8. The van der Waals surface area contributed by atoms with E-state index in [2.05, 4.69) is 31.4 Å². The maximum atomic E-state index is 11.7. The van der Waals surface area contributed by atoms with Crippen LogP contribution in [0.15, 0.2) is 10.6 Å². The molecule has 1 aliphatic heterocycles. The lowest BCUT2D eigenvalue weighted by Gasteiger charge is -2.12. The molecule has 0 spiro atoms. The van der Waals surface area contributed by atoms with Crippen molar-refractivity contribution in [2.45, 2.75) is 25.7 Å². The number of nitrogens with one attached hydrogen (secondary N) is 2. The predicted octanol–water partition coefficient (Wildman–Crippen LogP) is -0.469. The normalized spacial score (nSPS) is 14.4. The minimum atomic E-state index is -0.739. The summed E-state index contributed by atoms with van der Waals surface area (Å²) in [6, 6.07) is 0. The Labute approximate surface area is 158 Å². The maximum absolute atomic E-state index is 11.7. The lowest BCUT2D eigenvalue weighted by molar-refractivity contribution is -0.197. The van der Waals surface area contributed by atoms with Crippen molar-refractivity contribution in [2.75, 3.05) is 26.8 Å². The Morgan fingerprint density at radius 3 is 2.42 bits per heavy atom. The van der Waals surface area contributed by atoms with Gasteiger partial charge in [0, 0.05) is 45.5 Å². The number of amides is 4. The molecule has 0 atom stereocenters. The third kappa shape index (κ3) is 7.74. The van der Waals surface area contributed by atoms with Crippen LogP contribution >= 0.6 is 15.9 Å². The summed E-state index contributed by atoms with van der Waals surface area (Å²) in [7, 11) is 1.50. The minimum Gasteiger partial charge on any atom is -0.383 e. The topological polar surface area (TPSA) is 131 Å². The Balaban J connectivity index is 2.23. The molecule has 11 heteroatoms. The van der Waals surface area contributed by atoms with E-state index < -0.39 is 29.6 Å². The Bertz CT molecular complexity index is 590. The number of halogens is 1. The second kappa shape index (κ2) is 11.4. The standard InChI is InChI=1S/C15H20BrN3O7/c1-25-8-7-18-15(24)10(16)9-11(20)17-6-2-3-14(23)26-19-12(21)4-5-13(19)22/h9H,2-8H2,1H3,(H,17,20)(H,18,24). The molecule has 0 aromatic rings. The fraction of sp³-hybridized carbons (Fsp3) is 0.533. The zero-order valence-electron chi connectivity index (χ0n) is 14.2. The molecule has 1 rings (SSSR count). The number of carbonyl (C=O) groups excluding carboxylic acids is 5. The Morgan fingerprint density at radius 1 is 1.15 bits per heavy atom. The third-order valence-corrected chi connectivity index (χ3v) is 3.71. The molecule has 1 heterocycles. The SMILES string of the molecule is COCCNC(=O)C(Br)=CC(=O)NCCCC(=O)ON1C(=O)CCC1=O. The minimum absolute atomic E-state index is 0.0302. The average molecular weight is 434 g/mol. The van der Waals surface area contributed by atoms with Crippen molar-refractivity contribution >= 4 is 45.5 Å². The highest BCUT2D eigenvalue weighted by atomic mass is 79.9. The largest absolute Gasteiger partial charge is 0.383 e. The Kier molecular flexibility index (Phi) is 9.52. The molecule has 1 fully saturated rings. The van der Waals surface area contributed by atoms with Gasteiger partial charge in [0.15, 0.2) is 0 Å². The molecule has 0 unspecified atom stereocenters. The van der Waals surface area contributed by atoms with Crippen molar-refractivity contribution in [3.63, 3.8) is 0 Å². The number of methoxy groups -OCH3 is 1. The van der Waals surface area contributed by atoms with Gasteiger partial charge in [0.25, 0.3) is 17.7 Å². The van der Waals surface area contributed by atoms with E-state index in [1.807, 2.05) is 0 Å². The van der Waals surface area contributed by atoms with E-state index in [4.69, 9.17) is 4.74 Å². The van der Waals surface area contributed by atoms with Gasteiger partial charge in [-0.15, -0.1) is 5.06 Å². The van der Waals surface area contributed by atoms with Crippen molar-refractivity contribution < 1.29 is 33.5 Å². The van der Waals surface area contributed by atoms with Crippen LogP contribution < -0.4 is 10.6 Å². The third-order valence-electron chi connectivity index (χ3n) is 3.12. The first-order valence-electron chi connectivity index (χ1n) is 7.84. The predicted molar refractivity (Wildman–Crippen MR) is 91.3 cm³/mol. The highest BCUT2D eigenvalue weighted by Crippen LogP contribution is 2.12. The highest BCUT2D eigenvalue weighted by molar-refractivity contribution is 9.12. The smallest absolute Gasteiger partial charge is 0.333 e. The second-order valence-corrected chi connectivity index (χ2v) is 6.04. The molecule has 2 N–H and O–H groups in total. The zero-order valence-corrected chi connectivity index (χ0v) is 15.8. The van der Waals surface area contributed by atoms with Crippen LogP contribution in [0.4, 0.5) is 0 Å². The van der Waals surface area contributed by atoms with Crippen molar-refractivity contribution in [2.24, 2.45) is 0 Å². The van der Waals surface area contributed by atoms with Gasteiger partial charge in [-0.3, -0.25) is 19.2 Å². The number of hydrogen-bond donors (Lipinski definition) is 2.